The van der Waals surface area contributed by atoms with Gasteiger partial charge >= 0.3 is 0 Å². The first-order valence-corrected chi connectivity index (χ1v) is 5.14. The van der Waals surface area contributed by atoms with Crippen molar-refractivity contribution in [2.24, 2.45) is 5.73 Å². The third-order valence-electron chi connectivity index (χ3n) is 2.36. The molecule has 70 valence electrons. The van der Waals surface area contributed by atoms with Crippen molar-refractivity contribution in [1.82, 2.24) is 0 Å². The van der Waals surface area contributed by atoms with E-state index in [2.05, 4.69) is 15.9 Å². The lowest BCUT2D eigenvalue weighted by atomic mass is 10.1. The Hall–Kier alpha value is -0.120. The molecule has 1 aromatic carbocycles. The van der Waals surface area contributed by atoms with Gasteiger partial charge in [0.1, 0.15) is 0 Å². The maximum Gasteiger partial charge on any atom is 0.156 e. The molecule has 0 amide bonds. The Morgan fingerprint density at radius 2 is 2.08 bits per heavy atom. The van der Waals surface area contributed by atoms with E-state index >= 15 is 0 Å². The minimum absolute atomic E-state index is 0.148. The fraction of sp³-hybridized carbons (Fsp3) is 0.333. The van der Waals surface area contributed by atoms with Crippen molar-refractivity contribution < 1.29 is 4.39 Å². The maximum atomic E-state index is 13.3. The summed E-state index contributed by atoms with van der Waals surface area (Å²) in [5, 5.41) is 0.148. The molecule has 1 nitrogen and oxygen atoms in total. The van der Waals surface area contributed by atoms with E-state index in [1.54, 1.807) is 12.1 Å². The van der Waals surface area contributed by atoms with Gasteiger partial charge in [0.15, 0.2) is 5.82 Å². The van der Waals surface area contributed by atoms with E-state index in [1.165, 1.54) is 0 Å². The summed E-state index contributed by atoms with van der Waals surface area (Å²) in [6.07, 6.45) is 1.77. The first-order chi connectivity index (χ1) is 6.04. The molecule has 0 heterocycles. The zero-order valence-corrected chi connectivity index (χ0v) is 9.12. The summed E-state index contributed by atoms with van der Waals surface area (Å²) in [5.74, 6) is -0.420. The summed E-state index contributed by atoms with van der Waals surface area (Å²) < 4.78 is 13.7. The van der Waals surface area contributed by atoms with Crippen LogP contribution in [0.1, 0.15) is 18.4 Å². The summed E-state index contributed by atoms with van der Waals surface area (Å²) in [4.78, 5) is 0. The Balaban J connectivity index is 2.54. The van der Waals surface area contributed by atoms with Crippen LogP contribution in [0.25, 0.3) is 0 Å². The molecule has 0 radical (unpaired) electrons. The Labute approximate surface area is 89.2 Å². The molecule has 1 saturated carbocycles. The topological polar surface area (TPSA) is 26.0 Å². The number of hydrogen-bond donors (Lipinski definition) is 1. The summed E-state index contributed by atoms with van der Waals surface area (Å²) in [7, 11) is 0. The lowest BCUT2D eigenvalue weighted by Crippen LogP contribution is -2.19. The summed E-state index contributed by atoms with van der Waals surface area (Å²) >= 11 is 8.91. The van der Waals surface area contributed by atoms with Crippen molar-refractivity contribution in [3.63, 3.8) is 0 Å². The normalized spacial score (nSPS) is 18.8. The molecule has 0 atom stereocenters. The van der Waals surface area contributed by atoms with Crippen LogP contribution < -0.4 is 5.73 Å². The summed E-state index contributed by atoms with van der Waals surface area (Å²) in [6.45, 7) is 0. The van der Waals surface area contributed by atoms with E-state index in [9.17, 15) is 4.39 Å². The zero-order valence-electron chi connectivity index (χ0n) is 6.78. The summed E-state index contributed by atoms with van der Waals surface area (Å²) in [6, 6.07) is 3.42. The number of rotatable bonds is 1. The van der Waals surface area contributed by atoms with Crippen LogP contribution in [0.5, 0.6) is 0 Å². The largest absolute Gasteiger partial charge is 0.321 e. The van der Waals surface area contributed by atoms with Crippen LogP contribution in [0.4, 0.5) is 4.39 Å². The number of nitrogens with two attached hydrogens (primary N) is 1. The molecule has 13 heavy (non-hydrogen) atoms. The second-order valence-electron chi connectivity index (χ2n) is 3.38. The zero-order chi connectivity index (χ0) is 9.64. The van der Waals surface area contributed by atoms with E-state index in [4.69, 9.17) is 17.3 Å². The standard InChI is InChI=1S/C9H8BrClFN/c10-6-2-1-5(7(11)8(6)12)9(13)3-4-9/h1-2H,3-4,13H2. The second-order valence-corrected chi connectivity index (χ2v) is 4.61. The average Bonchev–Trinajstić information content (AvgIpc) is 2.80. The smallest absolute Gasteiger partial charge is 0.156 e. The fourth-order valence-electron chi connectivity index (χ4n) is 1.31. The van der Waals surface area contributed by atoms with Gasteiger partial charge in [-0.2, -0.15) is 0 Å². The van der Waals surface area contributed by atoms with E-state index < -0.39 is 5.82 Å². The molecule has 0 spiro atoms. The highest BCUT2D eigenvalue weighted by atomic mass is 79.9. The molecule has 0 aliphatic heterocycles. The van der Waals surface area contributed by atoms with E-state index in [0.717, 1.165) is 18.4 Å². The second kappa shape index (κ2) is 2.94. The van der Waals surface area contributed by atoms with Crippen LogP contribution in [0.2, 0.25) is 5.02 Å². The predicted octanol–water partition coefficient (Wildman–Crippen LogP) is 3.19. The van der Waals surface area contributed by atoms with Crippen molar-refractivity contribution in [2.75, 3.05) is 0 Å². The molecule has 2 N–H and O–H groups in total. The van der Waals surface area contributed by atoms with E-state index in [0.29, 0.717) is 4.47 Å². The maximum absolute atomic E-state index is 13.3. The van der Waals surface area contributed by atoms with Crippen molar-refractivity contribution in [3.05, 3.63) is 33.0 Å². The van der Waals surface area contributed by atoms with Gasteiger partial charge in [-0.15, -0.1) is 0 Å². The minimum Gasteiger partial charge on any atom is -0.321 e. The Kier molecular flexibility index (Phi) is 2.13. The van der Waals surface area contributed by atoms with Gasteiger partial charge < -0.3 is 5.73 Å². The fourth-order valence-corrected chi connectivity index (χ4v) is 2.11. The van der Waals surface area contributed by atoms with Crippen molar-refractivity contribution in [3.8, 4) is 0 Å². The first-order valence-electron chi connectivity index (χ1n) is 3.97. The quantitative estimate of drug-likeness (QED) is 0.775. The molecule has 1 aromatic rings. The van der Waals surface area contributed by atoms with Crippen LogP contribution in [0.3, 0.4) is 0 Å². The van der Waals surface area contributed by atoms with Gasteiger partial charge in [0.05, 0.1) is 9.50 Å². The molecular formula is C9H8BrClFN. The lowest BCUT2D eigenvalue weighted by Gasteiger charge is -2.12. The van der Waals surface area contributed by atoms with Crippen LogP contribution in [0, 0.1) is 5.82 Å². The van der Waals surface area contributed by atoms with Gasteiger partial charge in [-0.25, -0.2) is 4.39 Å². The molecule has 2 rings (SSSR count). The highest BCUT2D eigenvalue weighted by molar-refractivity contribution is 9.10. The highest BCUT2D eigenvalue weighted by Crippen LogP contribution is 2.46. The van der Waals surface area contributed by atoms with Crippen LogP contribution >= 0.6 is 27.5 Å². The Morgan fingerprint density at radius 3 is 2.62 bits per heavy atom. The number of hydrogen-bond acceptors (Lipinski definition) is 1. The first kappa shape index (κ1) is 9.44. The molecule has 4 heteroatoms. The molecule has 0 saturated heterocycles. The van der Waals surface area contributed by atoms with Crippen molar-refractivity contribution >= 4 is 27.5 Å². The molecule has 1 aliphatic carbocycles. The van der Waals surface area contributed by atoms with Gasteiger partial charge in [-0.05, 0) is 40.4 Å². The van der Waals surface area contributed by atoms with Gasteiger partial charge in [-0.3, -0.25) is 0 Å². The molecule has 0 aromatic heterocycles. The van der Waals surface area contributed by atoms with Gasteiger partial charge in [0, 0.05) is 5.54 Å². The number of halogens is 3. The molecular weight excluding hydrogens is 256 g/mol. The van der Waals surface area contributed by atoms with E-state index in [-0.39, 0.29) is 10.6 Å². The monoisotopic (exact) mass is 263 g/mol. The van der Waals surface area contributed by atoms with Crippen molar-refractivity contribution in [1.29, 1.82) is 0 Å². The predicted molar refractivity (Wildman–Crippen MR) is 54.2 cm³/mol. The highest BCUT2D eigenvalue weighted by Gasteiger charge is 2.42. The van der Waals surface area contributed by atoms with Gasteiger partial charge in [0.2, 0.25) is 0 Å². The lowest BCUT2D eigenvalue weighted by molar-refractivity contribution is 0.612. The van der Waals surface area contributed by atoms with Crippen LogP contribution in [-0.2, 0) is 5.54 Å². The van der Waals surface area contributed by atoms with Crippen LogP contribution in [-0.4, -0.2) is 0 Å². The average molecular weight is 265 g/mol. The van der Waals surface area contributed by atoms with Gasteiger partial charge in [-0.1, -0.05) is 17.7 Å². The van der Waals surface area contributed by atoms with Gasteiger partial charge in [0.25, 0.3) is 0 Å². The Morgan fingerprint density at radius 1 is 1.46 bits per heavy atom. The molecule has 1 fully saturated rings. The summed E-state index contributed by atoms with van der Waals surface area (Å²) in [5.41, 5.74) is 6.26. The third-order valence-corrected chi connectivity index (χ3v) is 3.34. The third kappa shape index (κ3) is 1.49. The molecule has 0 unspecified atom stereocenters. The van der Waals surface area contributed by atoms with E-state index in [1.807, 2.05) is 0 Å². The Bertz CT molecular complexity index is 363. The number of benzene rings is 1. The van der Waals surface area contributed by atoms with Crippen LogP contribution in [0.15, 0.2) is 16.6 Å². The SMILES string of the molecule is NC1(c2ccc(Br)c(F)c2Cl)CC1. The molecule has 0 bridgehead atoms. The molecule has 1 aliphatic rings. The van der Waals surface area contributed by atoms with Crippen molar-refractivity contribution in [2.45, 2.75) is 18.4 Å². The minimum atomic E-state index is -0.420.